The number of nitrogens with zero attached hydrogens (tertiary/aromatic N) is 2. The molecule has 0 radical (unpaired) electrons. The molecule has 0 saturated heterocycles. The van der Waals surface area contributed by atoms with Gasteiger partial charge in [-0.05, 0) is 24.6 Å². The number of hydrogen-bond donors (Lipinski definition) is 2. The van der Waals surface area contributed by atoms with Crippen LogP contribution >= 0.6 is 0 Å². The lowest BCUT2D eigenvalue weighted by molar-refractivity contribution is -0.118. The number of aliphatic hydroxyl groups is 1. The van der Waals surface area contributed by atoms with E-state index in [4.69, 9.17) is 14.3 Å². The lowest BCUT2D eigenvalue weighted by Crippen LogP contribution is -2.25. The highest BCUT2D eigenvalue weighted by molar-refractivity contribution is 5.95. The van der Waals surface area contributed by atoms with Crippen molar-refractivity contribution in [1.29, 1.82) is 0 Å². The maximum Gasteiger partial charge on any atom is 0.441 e. The van der Waals surface area contributed by atoms with Gasteiger partial charge in [0.2, 0.25) is 5.89 Å². The van der Waals surface area contributed by atoms with E-state index in [0.717, 1.165) is 4.68 Å². The van der Waals surface area contributed by atoms with E-state index in [1.165, 1.54) is 0 Å². The van der Waals surface area contributed by atoms with Crippen LogP contribution in [0.15, 0.2) is 27.4 Å². The Labute approximate surface area is 119 Å². The topological polar surface area (TPSA) is 107 Å². The number of fused-ring (bicyclic) bond motifs is 1. The van der Waals surface area contributed by atoms with Crippen LogP contribution in [0, 0.1) is 0 Å². The molecule has 1 aliphatic heterocycles. The molecule has 0 bridgehead atoms. The highest BCUT2D eigenvalue weighted by atomic mass is 16.5. The van der Waals surface area contributed by atoms with E-state index in [-0.39, 0.29) is 25.0 Å². The Hall–Kier alpha value is -2.61. The third-order valence-corrected chi connectivity index (χ3v) is 2.98. The zero-order valence-electron chi connectivity index (χ0n) is 11.0. The van der Waals surface area contributed by atoms with Gasteiger partial charge in [-0.3, -0.25) is 4.79 Å². The largest absolute Gasteiger partial charge is 0.482 e. The van der Waals surface area contributed by atoms with Crippen molar-refractivity contribution in [2.45, 2.75) is 12.8 Å². The Kier molecular flexibility index (Phi) is 3.44. The van der Waals surface area contributed by atoms with Crippen molar-refractivity contribution in [3.8, 4) is 11.4 Å². The number of aromatic nitrogens is 2. The average Bonchev–Trinajstić information content (AvgIpc) is 2.85. The van der Waals surface area contributed by atoms with Crippen molar-refractivity contribution in [3.05, 3.63) is 34.6 Å². The van der Waals surface area contributed by atoms with Crippen LogP contribution in [0.1, 0.15) is 12.3 Å². The number of rotatable bonds is 4. The summed E-state index contributed by atoms with van der Waals surface area (Å²) in [4.78, 5) is 23.1. The van der Waals surface area contributed by atoms with E-state index in [2.05, 4.69) is 10.4 Å². The number of amides is 1. The second-order valence-corrected chi connectivity index (χ2v) is 4.52. The first-order valence-electron chi connectivity index (χ1n) is 6.44. The molecule has 2 heterocycles. The van der Waals surface area contributed by atoms with Crippen molar-refractivity contribution in [2.75, 3.05) is 18.5 Å². The van der Waals surface area contributed by atoms with Crippen LogP contribution in [0.4, 0.5) is 5.69 Å². The summed E-state index contributed by atoms with van der Waals surface area (Å²) in [6.07, 6.45) is 0.845. The van der Waals surface area contributed by atoms with Gasteiger partial charge in [-0.25, -0.2) is 4.79 Å². The molecule has 8 heteroatoms. The first-order valence-corrected chi connectivity index (χ1v) is 6.44. The lowest BCUT2D eigenvalue weighted by Gasteiger charge is -2.18. The fourth-order valence-corrected chi connectivity index (χ4v) is 2.01. The van der Waals surface area contributed by atoms with E-state index in [1.807, 2.05) is 0 Å². The van der Waals surface area contributed by atoms with Crippen LogP contribution in [-0.2, 0) is 11.2 Å². The Bertz CT molecular complexity index is 734. The van der Waals surface area contributed by atoms with Crippen LogP contribution in [0.2, 0.25) is 0 Å². The van der Waals surface area contributed by atoms with Crippen molar-refractivity contribution < 1.29 is 19.1 Å². The predicted octanol–water partition coefficient (Wildman–Crippen LogP) is 0.0813. The average molecular weight is 291 g/mol. The number of carbonyl (C=O) groups excluding carboxylic acids is 1. The first kappa shape index (κ1) is 13.4. The van der Waals surface area contributed by atoms with Gasteiger partial charge >= 0.3 is 5.76 Å². The summed E-state index contributed by atoms with van der Waals surface area (Å²) in [5.74, 6) is -0.0795. The van der Waals surface area contributed by atoms with Gasteiger partial charge in [0.15, 0.2) is 6.61 Å². The molecule has 1 aromatic carbocycles. The zero-order valence-corrected chi connectivity index (χ0v) is 11.0. The van der Waals surface area contributed by atoms with Gasteiger partial charge < -0.3 is 19.6 Å². The SMILES string of the molecule is O=C1COc2ccc(-n3nc(CCCO)oc3=O)cc2N1. The van der Waals surface area contributed by atoms with Gasteiger partial charge in [0.05, 0.1) is 11.4 Å². The molecule has 0 spiro atoms. The monoisotopic (exact) mass is 291 g/mol. The van der Waals surface area contributed by atoms with Gasteiger partial charge in [-0.1, -0.05) is 0 Å². The van der Waals surface area contributed by atoms with Gasteiger partial charge in [0.1, 0.15) is 5.75 Å². The number of aryl methyl sites for hydroxylation is 1. The smallest absolute Gasteiger partial charge is 0.441 e. The highest BCUT2D eigenvalue weighted by Crippen LogP contribution is 2.29. The molecule has 8 nitrogen and oxygen atoms in total. The van der Waals surface area contributed by atoms with Crippen molar-refractivity contribution in [1.82, 2.24) is 9.78 Å². The fourth-order valence-electron chi connectivity index (χ4n) is 2.01. The van der Waals surface area contributed by atoms with Crippen molar-refractivity contribution in [2.24, 2.45) is 0 Å². The maximum atomic E-state index is 11.8. The number of hydrogen-bond acceptors (Lipinski definition) is 6. The number of ether oxygens (including phenoxy) is 1. The molecule has 110 valence electrons. The van der Waals surface area contributed by atoms with Crippen molar-refractivity contribution in [3.63, 3.8) is 0 Å². The minimum atomic E-state index is -0.619. The summed E-state index contributed by atoms with van der Waals surface area (Å²) >= 11 is 0. The third-order valence-electron chi connectivity index (χ3n) is 2.98. The first-order chi connectivity index (χ1) is 10.2. The molecule has 3 rings (SSSR count). The Morgan fingerprint density at radius 3 is 3.05 bits per heavy atom. The van der Waals surface area contributed by atoms with Crippen LogP contribution in [0.3, 0.4) is 0 Å². The van der Waals surface area contributed by atoms with Gasteiger partial charge in [-0.2, -0.15) is 4.68 Å². The molecule has 1 aromatic heterocycles. The summed E-state index contributed by atoms with van der Waals surface area (Å²) in [5, 5.41) is 15.5. The Morgan fingerprint density at radius 2 is 2.24 bits per heavy atom. The van der Waals surface area contributed by atoms with E-state index >= 15 is 0 Å². The van der Waals surface area contributed by atoms with Crippen LogP contribution in [0.25, 0.3) is 5.69 Å². The minimum absolute atomic E-state index is 0.00120. The summed E-state index contributed by atoms with van der Waals surface area (Å²) in [5.41, 5.74) is 0.944. The summed E-state index contributed by atoms with van der Waals surface area (Å²) in [6.45, 7) is -0.0274. The summed E-state index contributed by atoms with van der Waals surface area (Å²) < 4.78 is 11.4. The van der Waals surface area contributed by atoms with Gasteiger partial charge in [0, 0.05) is 13.0 Å². The van der Waals surface area contributed by atoms with Crippen LogP contribution in [-0.4, -0.2) is 34.0 Å². The minimum Gasteiger partial charge on any atom is -0.482 e. The number of carbonyl (C=O) groups is 1. The maximum absolute atomic E-state index is 11.8. The van der Waals surface area contributed by atoms with E-state index < -0.39 is 5.76 Å². The lowest BCUT2D eigenvalue weighted by atomic mass is 10.2. The van der Waals surface area contributed by atoms with E-state index in [0.29, 0.717) is 30.0 Å². The van der Waals surface area contributed by atoms with Gasteiger partial charge in [-0.15, -0.1) is 5.10 Å². The quantitative estimate of drug-likeness (QED) is 0.826. The Balaban J connectivity index is 1.94. The molecule has 0 unspecified atom stereocenters. The molecular formula is C13H13N3O5. The van der Waals surface area contributed by atoms with Crippen molar-refractivity contribution >= 4 is 11.6 Å². The molecule has 0 saturated carbocycles. The predicted molar refractivity (Wildman–Crippen MR) is 71.6 cm³/mol. The van der Waals surface area contributed by atoms with Crippen LogP contribution in [0.5, 0.6) is 5.75 Å². The summed E-state index contributed by atoms with van der Waals surface area (Å²) in [7, 11) is 0. The molecular weight excluding hydrogens is 278 g/mol. The standard InChI is InChI=1S/C13H13N3O5/c17-5-1-2-12-15-16(13(19)21-12)8-3-4-10-9(6-8)14-11(18)7-20-10/h3-4,6,17H,1-2,5,7H2,(H,14,18). The number of nitrogens with one attached hydrogen (secondary N) is 1. The number of aliphatic hydroxyl groups excluding tert-OH is 1. The summed E-state index contributed by atoms with van der Waals surface area (Å²) in [6, 6.07) is 4.89. The van der Waals surface area contributed by atoms with Gasteiger partial charge in [0.25, 0.3) is 5.91 Å². The normalized spacial score (nSPS) is 13.5. The zero-order chi connectivity index (χ0) is 14.8. The highest BCUT2D eigenvalue weighted by Gasteiger charge is 2.18. The van der Waals surface area contributed by atoms with E-state index in [9.17, 15) is 9.59 Å². The molecule has 0 fully saturated rings. The number of benzene rings is 1. The molecule has 21 heavy (non-hydrogen) atoms. The molecule has 2 aromatic rings. The third kappa shape index (κ3) is 2.65. The molecule has 1 amide bonds. The second-order valence-electron chi connectivity index (χ2n) is 4.52. The molecule has 2 N–H and O–H groups in total. The molecule has 0 atom stereocenters. The molecule has 1 aliphatic rings. The fraction of sp³-hybridized carbons (Fsp3) is 0.308. The second kappa shape index (κ2) is 5.41. The van der Waals surface area contributed by atoms with E-state index in [1.54, 1.807) is 18.2 Å². The molecule has 0 aliphatic carbocycles. The Morgan fingerprint density at radius 1 is 1.38 bits per heavy atom. The van der Waals surface area contributed by atoms with Crippen LogP contribution < -0.4 is 15.8 Å². The number of anilines is 1.